The van der Waals surface area contributed by atoms with E-state index in [9.17, 15) is 0 Å². The van der Waals surface area contributed by atoms with E-state index >= 15 is 0 Å². The summed E-state index contributed by atoms with van der Waals surface area (Å²) >= 11 is 5.42. The van der Waals surface area contributed by atoms with E-state index in [0.29, 0.717) is 17.5 Å². The van der Waals surface area contributed by atoms with Crippen LogP contribution in [0.5, 0.6) is 0 Å². The number of aryl methyl sites for hydroxylation is 2. The van der Waals surface area contributed by atoms with Gasteiger partial charge in [0, 0.05) is 18.5 Å². The molecule has 0 aliphatic rings. The molecule has 0 aliphatic heterocycles. The Morgan fingerprint density at radius 2 is 1.73 bits per heavy atom. The molecule has 2 N–H and O–H groups in total. The lowest BCUT2D eigenvalue weighted by Crippen LogP contribution is -2.19. The quantitative estimate of drug-likeness (QED) is 0.450. The van der Waals surface area contributed by atoms with Crippen LogP contribution in [0.1, 0.15) is 22.3 Å². The van der Waals surface area contributed by atoms with Gasteiger partial charge in [-0.1, -0.05) is 54.1 Å². The highest BCUT2D eigenvalue weighted by molar-refractivity contribution is 7.80. The number of rotatable bonds is 6. The average Bonchev–Trinajstić information content (AvgIpc) is 3.35. The maximum atomic E-state index is 5.42. The minimum absolute atomic E-state index is 0.478. The molecule has 0 fully saturated rings. The third kappa shape index (κ3) is 5.12. The normalized spacial score (nSPS) is 10.7. The molecule has 0 aliphatic carbocycles. The van der Waals surface area contributed by atoms with Crippen LogP contribution in [0.4, 0.5) is 11.5 Å². The van der Waals surface area contributed by atoms with Crippen molar-refractivity contribution < 1.29 is 0 Å². The van der Waals surface area contributed by atoms with Crippen molar-refractivity contribution in [2.45, 2.75) is 26.9 Å². The molecule has 4 rings (SSSR count). The number of hydrogen-bond acceptors (Lipinski definition) is 3. The van der Waals surface area contributed by atoms with Gasteiger partial charge in [0.05, 0.1) is 25.0 Å². The largest absolute Gasteiger partial charge is 0.330 e. The first-order valence-electron chi connectivity index (χ1n) is 9.79. The molecule has 2 aromatic carbocycles. The third-order valence-electron chi connectivity index (χ3n) is 4.83. The summed E-state index contributed by atoms with van der Waals surface area (Å²) in [6.45, 7) is 5.63. The standard InChI is InChI=1S/C23H24N6S/c1-17-7-9-19(10-8-17)14-28-12-11-22(27-28)26-23(30)25-21-13-24-29(16-21)15-20-6-4-3-5-18(20)2/h3-13,16H,14-15H2,1-2H3,(H2,25,26,27,30). The Balaban J connectivity index is 1.32. The Hall–Kier alpha value is -3.45. The van der Waals surface area contributed by atoms with Crippen molar-refractivity contribution in [3.8, 4) is 0 Å². The summed E-state index contributed by atoms with van der Waals surface area (Å²) < 4.78 is 3.78. The topological polar surface area (TPSA) is 59.7 Å². The lowest BCUT2D eigenvalue weighted by molar-refractivity contribution is 0.684. The molecule has 0 bridgehead atoms. The van der Waals surface area contributed by atoms with E-state index in [-0.39, 0.29) is 0 Å². The fourth-order valence-corrected chi connectivity index (χ4v) is 3.37. The first-order valence-corrected chi connectivity index (χ1v) is 10.2. The molecule has 0 radical (unpaired) electrons. The van der Waals surface area contributed by atoms with Crippen molar-refractivity contribution in [3.63, 3.8) is 0 Å². The van der Waals surface area contributed by atoms with Crippen molar-refractivity contribution >= 4 is 28.8 Å². The van der Waals surface area contributed by atoms with Crippen LogP contribution < -0.4 is 10.6 Å². The van der Waals surface area contributed by atoms with Gasteiger partial charge in [-0.2, -0.15) is 10.2 Å². The highest BCUT2D eigenvalue weighted by Gasteiger charge is 2.06. The third-order valence-corrected chi connectivity index (χ3v) is 5.04. The zero-order valence-electron chi connectivity index (χ0n) is 17.0. The predicted molar refractivity (Wildman–Crippen MR) is 125 cm³/mol. The maximum Gasteiger partial charge on any atom is 0.176 e. The van der Waals surface area contributed by atoms with Gasteiger partial charge in [0.2, 0.25) is 0 Å². The van der Waals surface area contributed by atoms with Gasteiger partial charge in [0.25, 0.3) is 0 Å². The van der Waals surface area contributed by atoms with Gasteiger partial charge >= 0.3 is 0 Å². The van der Waals surface area contributed by atoms with Crippen LogP contribution in [-0.4, -0.2) is 24.7 Å². The fourth-order valence-electron chi connectivity index (χ4n) is 3.15. The molecule has 0 atom stereocenters. The van der Waals surface area contributed by atoms with Gasteiger partial charge in [-0.05, 0) is 42.8 Å². The molecule has 30 heavy (non-hydrogen) atoms. The number of thiocarbonyl (C=S) groups is 1. The molecule has 0 spiro atoms. The van der Waals surface area contributed by atoms with Gasteiger partial charge in [-0.15, -0.1) is 0 Å². The molecular formula is C23H24N6S. The maximum absolute atomic E-state index is 5.42. The number of aromatic nitrogens is 4. The molecule has 7 heteroatoms. The molecule has 0 saturated carbocycles. The molecule has 0 unspecified atom stereocenters. The van der Waals surface area contributed by atoms with Crippen LogP contribution in [0.15, 0.2) is 73.2 Å². The predicted octanol–water partition coefficient (Wildman–Crippen LogP) is 4.60. The van der Waals surface area contributed by atoms with E-state index in [1.807, 2.05) is 40.0 Å². The molecule has 2 heterocycles. The van der Waals surface area contributed by atoms with E-state index in [1.54, 1.807) is 6.20 Å². The second-order valence-corrected chi connectivity index (χ2v) is 7.72. The zero-order valence-corrected chi connectivity index (χ0v) is 17.9. The van der Waals surface area contributed by atoms with Crippen LogP contribution in [0.2, 0.25) is 0 Å². The summed E-state index contributed by atoms with van der Waals surface area (Å²) in [4.78, 5) is 0. The Labute approximate surface area is 181 Å². The average molecular weight is 417 g/mol. The molecule has 4 aromatic rings. The van der Waals surface area contributed by atoms with Gasteiger partial charge in [0.1, 0.15) is 0 Å². The molecule has 2 aromatic heterocycles. The van der Waals surface area contributed by atoms with Crippen LogP contribution in [-0.2, 0) is 13.1 Å². The smallest absolute Gasteiger partial charge is 0.176 e. The molecule has 152 valence electrons. The molecular weight excluding hydrogens is 392 g/mol. The summed E-state index contributed by atoms with van der Waals surface area (Å²) in [6.07, 6.45) is 5.64. The Morgan fingerprint density at radius 1 is 0.933 bits per heavy atom. The van der Waals surface area contributed by atoms with E-state index in [2.05, 4.69) is 71.1 Å². The lowest BCUT2D eigenvalue weighted by atomic mass is 10.1. The van der Waals surface area contributed by atoms with E-state index in [1.165, 1.54) is 22.3 Å². The monoisotopic (exact) mass is 416 g/mol. The summed E-state index contributed by atoms with van der Waals surface area (Å²) in [6, 6.07) is 18.7. The minimum Gasteiger partial charge on any atom is -0.330 e. The SMILES string of the molecule is Cc1ccc(Cn2ccc(NC(=S)Nc3cnn(Cc4ccccc4C)c3)n2)cc1. The Morgan fingerprint density at radius 3 is 2.53 bits per heavy atom. The second-order valence-electron chi connectivity index (χ2n) is 7.32. The summed E-state index contributed by atoms with van der Waals surface area (Å²) in [5.41, 5.74) is 5.78. The van der Waals surface area contributed by atoms with E-state index in [0.717, 1.165) is 12.2 Å². The van der Waals surface area contributed by atoms with Crippen LogP contribution >= 0.6 is 12.2 Å². The molecule has 0 saturated heterocycles. The first kappa shape index (κ1) is 19.8. The van der Waals surface area contributed by atoms with E-state index < -0.39 is 0 Å². The number of nitrogens with zero attached hydrogens (tertiary/aromatic N) is 4. The van der Waals surface area contributed by atoms with Gasteiger partial charge in [-0.3, -0.25) is 9.36 Å². The van der Waals surface area contributed by atoms with Crippen molar-refractivity contribution in [2.24, 2.45) is 0 Å². The van der Waals surface area contributed by atoms with Gasteiger partial charge < -0.3 is 10.6 Å². The molecule has 6 nitrogen and oxygen atoms in total. The number of benzene rings is 2. The number of anilines is 2. The number of nitrogens with one attached hydrogen (secondary N) is 2. The Kier molecular flexibility index (Phi) is 5.90. The lowest BCUT2D eigenvalue weighted by Gasteiger charge is -2.07. The van der Waals surface area contributed by atoms with Crippen molar-refractivity contribution in [1.29, 1.82) is 0 Å². The first-order chi connectivity index (χ1) is 14.5. The van der Waals surface area contributed by atoms with Gasteiger partial charge in [-0.25, -0.2) is 0 Å². The molecule has 0 amide bonds. The van der Waals surface area contributed by atoms with Crippen molar-refractivity contribution in [2.75, 3.05) is 10.6 Å². The highest BCUT2D eigenvalue weighted by Crippen LogP contribution is 2.13. The zero-order chi connectivity index (χ0) is 20.9. The van der Waals surface area contributed by atoms with Gasteiger partial charge in [0.15, 0.2) is 10.9 Å². The summed E-state index contributed by atoms with van der Waals surface area (Å²) in [5.74, 6) is 0.701. The fraction of sp³-hybridized carbons (Fsp3) is 0.174. The van der Waals surface area contributed by atoms with E-state index in [4.69, 9.17) is 12.2 Å². The number of hydrogen-bond donors (Lipinski definition) is 2. The van der Waals surface area contributed by atoms with Crippen molar-refractivity contribution in [1.82, 2.24) is 19.6 Å². The van der Waals surface area contributed by atoms with Crippen LogP contribution in [0, 0.1) is 13.8 Å². The summed E-state index contributed by atoms with van der Waals surface area (Å²) in [7, 11) is 0. The van der Waals surface area contributed by atoms with Crippen LogP contribution in [0.25, 0.3) is 0 Å². The second kappa shape index (κ2) is 8.92. The Bertz CT molecular complexity index is 1140. The summed E-state index contributed by atoms with van der Waals surface area (Å²) in [5, 5.41) is 15.7. The van der Waals surface area contributed by atoms with Crippen molar-refractivity contribution in [3.05, 3.63) is 95.4 Å². The van der Waals surface area contributed by atoms with Crippen LogP contribution in [0.3, 0.4) is 0 Å². The highest BCUT2D eigenvalue weighted by atomic mass is 32.1. The minimum atomic E-state index is 0.478.